The molecule has 11 aromatic rings. The third-order valence-electron chi connectivity index (χ3n) is 10.1. The van der Waals surface area contributed by atoms with Crippen LogP contribution in [-0.2, 0) is 0 Å². The molecule has 244 valence electrons. The molecule has 0 aliphatic heterocycles. The van der Waals surface area contributed by atoms with Crippen LogP contribution in [0, 0.1) is 0 Å². The van der Waals surface area contributed by atoms with Crippen LogP contribution < -0.4 is 4.90 Å². The normalized spacial score (nSPS) is 11.8. The number of hydrogen-bond acceptors (Lipinski definition) is 5. The van der Waals surface area contributed by atoms with Gasteiger partial charge in [-0.15, -0.1) is 0 Å². The molecule has 5 heteroatoms. The number of rotatable bonds is 5. The Morgan fingerprint density at radius 3 is 1.94 bits per heavy atom. The van der Waals surface area contributed by atoms with Crippen LogP contribution in [0.4, 0.5) is 17.1 Å². The molecule has 0 N–H and O–H groups in total. The molecule has 0 atom stereocenters. The zero-order valence-electron chi connectivity index (χ0n) is 27.8. The Hall–Kier alpha value is -7.11. The predicted molar refractivity (Wildman–Crippen MR) is 212 cm³/mol. The minimum Gasteiger partial charge on any atom is -0.456 e. The average Bonchev–Trinajstić information content (AvgIpc) is 3.91. The van der Waals surface area contributed by atoms with Gasteiger partial charge in [0.15, 0.2) is 5.58 Å². The van der Waals surface area contributed by atoms with E-state index in [1.54, 1.807) is 0 Å². The van der Waals surface area contributed by atoms with Gasteiger partial charge in [0, 0.05) is 44.9 Å². The van der Waals surface area contributed by atoms with Crippen molar-refractivity contribution in [3.63, 3.8) is 0 Å². The van der Waals surface area contributed by atoms with Gasteiger partial charge in [0.25, 0.3) is 0 Å². The van der Waals surface area contributed by atoms with Crippen molar-refractivity contribution in [2.45, 2.75) is 0 Å². The van der Waals surface area contributed by atoms with Crippen molar-refractivity contribution < 1.29 is 13.3 Å². The summed E-state index contributed by atoms with van der Waals surface area (Å²) in [6.07, 6.45) is 0. The number of nitrogens with zero attached hydrogens (tertiary/aromatic N) is 2. The number of furan rings is 2. The van der Waals surface area contributed by atoms with Crippen LogP contribution in [0.5, 0.6) is 0 Å². The van der Waals surface area contributed by atoms with Crippen LogP contribution in [0.15, 0.2) is 183 Å². The van der Waals surface area contributed by atoms with Crippen LogP contribution in [0.2, 0.25) is 0 Å². The standard InChI is InChI=1S/C47H28N2O3/c1-2-10-31(11-3-1)47-48-46-43(52-47)26-25-42-45(46)39-27-33(22-24-41(39)50-42)49(34-21-23-38-37-14-6-7-16-40(37)51-44(38)28-34)32-19-17-30(18-20-32)36-15-8-12-29-9-4-5-13-35(29)36/h1-28H. The molecule has 8 aromatic carbocycles. The van der Waals surface area contributed by atoms with Crippen LogP contribution in [0.1, 0.15) is 0 Å². The van der Waals surface area contributed by atoms with Gasteiger partial charge in [0.2, 0.25) is 5.89 Å². The molecule has 0 aliphatic carbocycles. The zero-order chi connectivity index (χ0) is 34.2. The van der Waals surface area contributed by atoms with Crippen molar-refractivity contribution >= 4 is 82.8 Å². The number of hydrogen-bond donors (Lipinski definition) is 0. The summed E-state index contributed by atoms with van der Waals surface area (Å²) >= 11 is 0. The first-order chi connectivity index (χ1) is 25.7. The van der Waals surface area contributed by atoms with E-state index >= 15 is 0 Å². The highest BCUT2D eigenvalue weighted by molar-refractivity contribution is 6.17. The number of oxazole rings is 1. The first-order valence-electron chi connectivity index (χ1n) is 17.4. The number of para-hydroxylation sites is 1. The molecule has 0 bridgehead atoms. The first kappa shape index (κ1) is 28.7. The monoisotopic (exact) mass is 668 g/mol. The quantitative estimate of drug-likeness (QED) is 0.183. The lowest BCUT2D eigenvalue weighted by molar-refractivity contribution is 0.619. The molecular formula is C47H28N2O3. The van der Waals surface area contributed by atoms with E-state index < -0.39 is 0 Å². The van der Waals surface area contributed by atoms with Gasteiger partial charge in [-0.3, -0.25) is 0 Å². The Morgan fingerprint density at radius 1 is 0.385 bits per heavy atom. The number of aromatic nitrogens is 1. The van der Waals surface area contributed by atoms with Gasteiger partial charge in [-0.2, -0.15) is 0 Å². The highest BCUT2D eigenvalue weighted by Gasteiger charge is 2.20. The second kappa shape index (κ2) is 11.2. The average molecular weight is 669 g/mol. The lowest BCUT2D eigenvalue weighted by Crippen LogP contribution is -2.09. The van der Waals surface area contributed by atoms with Crippen LogP contribution in [0.3, 0.4) is 0 Å². The van der Waals surface area contributed by atoms with Crippen LogP contribution in [0.25, 0.3) is 88.3 Å². The van der Waals surface area contributed by atoms with E-state index in [2.05, 4.69) is 108 Å². The van der Waals surface area contributed by atoms with E-state index in [-0.39, 0.29) is 0 Å². The Kier molecular flexibility index (Phi) is 6.18. The van der Waals surface area contributed by atoms with Crippen molar-refractivity contribution in [2.24, 2.45) is 0 Å². The highest BCUT2D eigenvalue weighted by Crippen LogP contribution is 2.43. The second-order valence-corrected chi connectivity index (χ2v) is 13.1. The lowest BCUT2D eigenvalue weighted by Gasteiger charge is -2.26. The SMILES string of the molecule is c1ccc(-c2nc3c(ccc4oc5ccc(N(c6ccc(-c7cccc8ccccc78)cc6)c6ccc7c(c6)oc6ccccc67)cc5c43)o2)cc1. The molecule has 3 heterocycles. The summed E-state index contributed by atoms with van der Waals surface area (Å²) in [6, 6.07) is 58.7. The molecule has 52 heavy (non-hydrogen) atoms. The van der Waals surface area contributed by atoms with E-state index in [0.717, 1.165) is 83.2 Å². The van der Waals surface area contributed by atoms with E-state index in [0.29, 0.717) is 5.89 Å². The molecule has 0 spiro atoms. The number of anilines is 3. The van der Waals surface area contributed by atoms with Crippen molar-refractivity contribution in [3.8, 4) is 22.6 Å². The summed E-state index contributed by atoms with van der Waals surface area (Å²) < 4.78 is 19.0. The van der Waals surface area contributed by atoms with Crippen LogP contribution >= 0.6 is 0 Å². The third-order valence-corrected chi connectivity index (χ3v) is 10.1. The van der Waals surface area contributed by atoms with Gasteiger partial charge in [-0.25, -0.2) is 4.98 Å². The Balaban J connectivity index is 1.10. The molecule has 0 radical (unpaired) electrons. The van der Waals surface area contributed by atoms with Gasteiger partial charge >= 0.3 is 0 Å². The van der Waals surface area contributed by atoms with Crippen molar-refractivity contribution in [3.05, 3.63) is 170 Å². The molecule has 0 amide bonds. The second-order valence-electron chi connectivity index (χ2n) is 13.1. The Bertz CT molecular complexity index is 3130. The molecule has 0 saturated carbocycles. The van der Waals surface area contributed by atoms with E-state index in [9.17, 15) is 0 Å². The topological polar surface area (TPSA) is 55.6 Å². The smallest absolute Gasteiger partial charge is 0.227 e. The zero-order valence-corrected chi connectivity index (χ0v) is 27.8. The number of benzene rings is 8. The summed E-state index contributed by atoms with van der Waals surface area (Å²) in [5, 5.41) is 6.55. The molecule has 0 aliphatic rings. The Labute approximate surface area is 297 Å². The van der Waals surface area contributed by atoms with Crippen molar-refractivity contribution in [1.29, 1.82) is 0 Å². The minimum absolute atomic E-state index is 0.584. The third kappa shape index (κ3) is 4.46. The molecule has 3 aromatic heterocycles. The maximum atomic E-state index is 6.40. The minimum atomic E-state index is 0.584. The first-order valence-corrected chi connectivity index (χ1v) is 17.4. The molecular weight excluding hydrogens is 641 g/mol. The van der Waals surface area contributed by atoms with E-state index in [4.69, 9.17) is 18.2 Å². The molecule has 0 unspecified atom stereocenters. The van der Waals surface area contributed by atoms with E-state index in [1.807, 2.05) is 66.7 Å². The summed E-state index contributed by atoms with van der Waals surface area (Å²) in [7, 11) is 0. The highest BCUT2D eigenvalue weighted by atomic mass is 16.4. The lowest BCUT2D eigenvalue weighted by atomic mass is 9.98. The van der Waals surface area contributed by atoms with Gasteiger partial charge < -0.3 is 18.2 Å². The van der Waals surface area contributed by atoms with Crippen molar-refractivity contribution in [1.82, 2.24) is 4.98 Å². The van der Waals surface area contributed by atoms with Gasteiger partial charge in [-0.1, -0.05) is 91.0 Å². The largest absolute Gasteiger partial charge is 0.456 e. The molecule has 0 fully saturated rings. The summed E-state index contributed by atoms with van der Waals surface area (Å²) in [5.74, 6) is 0.584. The van der Waals surface area contributed by atoms with Gasteiger partial charge in [0.05, 0.1) is 5.39 Å². The molecule has 11 rings (SSSR count). The fourth-order valence-corrected chi connectivity index (χ4v) is 7.65. The fraction of sp³-hybridized carbons (Fsp3) is 0. The fourth-order valence-electron chi connectivity index (χ4n) is 7.65. The van der Waals surface area contributed by atoms with Crippen molar-refractivity contribution in [2.75, 3.05) is 4.90 Å². The Morgan fingerprint density at radius 2 is 1.04 bits per heavy atom. The maximum absolute atomic E-state index is 6.40. The van der Waals surface area contributed by atoms with E-state index in [1.165, 1.54) is 16.3 Å². The number of fused-ring (bicyclic) bond motifs is 9. The van der Waals surface area contributed by atoms with Gasteiger partial charge in [0.1, 0.15) is 27.8 Å². The van der Waals surface area contributed by atoms with Crippen LogP contribution in [-0.4, -0.2) is 4.98 Å². The van der Waals surface area contributed by atoms with Gasteiger partial charge in [-0.05, 0) is 94.7 Å². The summed E-state index contributed by atoms with van der Waals surface area (Å²) in [4.78, 5) is 7.26. The summed E-state index contributed by atoms with van der Waals surface area (Å²) in [6.45, 7) is 0. The maximum Gasteiger partial charge on any atom is 0.227 e. The molecule has 0 saturated heterocycles. The predicted octanol–water partition coefficient (Wildman–Crippen LogP) is 13.6. The molecule has 5 nitrogen and oxygen atoms in total. The summed E-state index contributed by atoms with van der Waals surface area (Å²) in [5.41, 5.74) is 11.0.